The summed E-state index contributed by atoms with van der Waals surface area (Å²) in [5, 5.41) is 3.33. The molecule has 2 saturated heterocycles. The molecule has 0 bridgehead atoms. The number of hydrogen-bond acceptors (Lipinski definition) is 2. The van der Waals surface area contributed by atoms with Gasteiger partial charge in [0.25, 0.3) is 0 Å². The molecule has 2 unspecified atom stereocenters. The van der Waals surface area contributed by atoms with Crippen LogP contribution in [0.25, 0.3) is 0 Å². The summed E-state index contributed by atoms with van der Waals surface area (Å²) in [6.07, 6.45) is 3.18. The Morgan fingerprint density at radius 3 is 2.87 bits per heavy atom. The molecule has 0 aliphatic carbocycles. The average molecular weight is 210 g/mol. The highest BCUT2D eigenvalue weighted by Gasteiger charge is 2.43. The Bertz CT molecular complexity index is 246. The SMILES string of the molecule is CCC1(C(=O)N2CCC(C)C2)CCNC1. The second-order valence-electron chi connectivity index (χ2n) is 5.21. The van der Waals surface area contributed by atoms with Crippen molar-refractivity contribution in [2.75, 3.05) is 26.2 Å². The van der Waals surface area contributed by atoms with Crippen molar-refractivity contribution < 1.29 is 4.79 Å². The normalized spacial score (nSPS) is 36.1. The second kappa shape index (κ2) is 4.12. The van der Waals surface area contributed by atoms with E-state index in [1.165, 1.54) is 6.42 Å². The first-order valence-electron chi connectivity index (χ1n) is 6.18. The number of hydrogen-bond donors (Lipinski definition) is 1. The van der Waals surface area contributed by atoms with Crippen LogP contribution in [-0.2, 0) is 4.79 Å². The quantitative estimate of drug-likeness (QED) is 0.744. The fourth-order valence-corrected chi connectivity index (χ4v) is 2.83. The average Bonchev–Trinajstić information content (AvgIpc) is 2.86. The minimum Gasteiger partial charge on any atom is -0.342 e. The van der Waals surface area contributed by atoms with E-state index in [0.29, 0.717) is 11.8 Å². The Morgan fingerprint density at radius 1 is 1.60 bits per heavy atom. The van der Waals surface area contributed by atoms with E-state index in [4.69, 9.17) is 0 Å². The molecule has 3 heteroatoms. The Hall–Kier alpha value is -0.570. The topological polar surface area (TPSA) is 32.3 Å². The third-order valence-corrected chi connectivity index (χ3v) is 4.09. The van der Waals surface area contributed by atoms with Crippen molar-refractivity contribution in [2.45, 2.75) is 33.1 Å². The molecular weight excluding hydrogens is 188 g/mol. The Balaban J connectivity index is 2.05. The Labute approximate surface area is 92.2 Å². The highest BCUT2D eigenvalue weighted by atomic mass is 16.2. The number of carbonyl (C=O) groups is 1. The lowest BCUT2D eigenvalue weighted by Crippen LogP contribution is -2.44. The summed E-state index contributed by atoms with van der Waals surface area (Å²) >= 11 is 0. The smallest absolute Gasteiger partial charge is 0.230 e. The molecule has 0 aromatic carbocycles. The van der Waals surface area contributed by atoms with Gasteiger partial charge in [0.1, 0.15) is 0 Å². The maximum absolute atomic E-state index is 12.4. The van der Waals surface area contributed by atoms with E-state index >= 15 is 0 Å². The van der Waals surface area contributed by atoms with Gasteiger partial charge >= 0.3 is 0 Å². The van der Waals surface area contributed by atoms with E-state index in [1.807, 2.05) is 0 Å². The summed E-state index contributed by atoms with van der Waals surface area (Å²) in [5.41, 5.74) is -0.0793. The van der Waals surface area contributed by atoms with Gasteiger partial charge in [-0.25, -0.2) is 0 Å². The van der Waals surface area contributed by atoms with Gasteiger partial charge in [-0.1, -0.05) is 13.8 Å². The standard InChI is InChI=1S/C12H22N2O/c1-3-12(5-6-13-9-12)11(15)14-7-4-10(2)8-14/h10,13H,3-9H2,1-2H3. The molecule has 0 spiro atoms. The molecule has 0 aromatic rings. The molecular formula is C12H22N2O. The second-order valence-corrected chi connectivity index (χ2v) is 5.21. The highest BCUT2D eigenvalue weighted by Crippen LogP contribution is 2.33. The first-order chi connectivity index (χ1) is 7.18. The van der Waals surface area contributed by atoms with Crippen molar-refractivity contribution in [3.8, 4) is 0 Å². The number of nitrogens with one attached hydrogen (secondary N) is 1. The number of carbonyl (C=O) groups excluding carboxylic acids is 1. The van der Waals surface area contributed by atoms with E-state index in [9.17, 15) is 4.79 Å². The van der Waals surface area contributed by atoms with Crippen molar-refractivity contribution in [3.63, 3.8) is 0 Å². The Kier molecular flexibility index (Phi) is 3.01. The molecule has 2 fully saturated rings. The molecule has 0 saturated carbocycles. The van der Waals surface area contributed by atoms with Crippen LogP contribution in [0, 0.1) is 11.3 Å². The fraction of sp³-hybridized carbons (Fsp3) is 0.917. The van der Waals surface area contributed by atoms with Gasteiger partial charge in [-0.15, -0.1) is 0 Å². The molecule has 2 rings (SSSR count). The molecule has 0 radical (unpaired) electrons. The maximum atomic E-state index is 12.4. The third-order valence-electron chi connectivity index (χ3n) is 4.09. The van der Waals surface area contributed by atoms with Crippen molar-refractivity contribution in [2.24, 2.45) is 11.3 Å². The van der Waals surface area contributed by atoms with Crippen molar-refractivity contribution in [1.82, 2.24) is 10.2 Å². The van der Waals surface area contributed by atoms with Gasteiger partial charge in [0.05, 0.1) is 5.41 Å². The van der Waals surface area contributed by atoms with Gasteiger partial charge in [-0.3, -0.25) is 4.79 Å². The molecule has 1 N–H and O–H groups in total. The lowest BCUT2D eigenvalue weighted by molar-refractivity contribution is -0.140. The first kappa shape index (κ1) is 10.9. The van der Waals surface area contributed by atoms with Crippen molar-refractivity contribution in [3.05, 3.63) is 0 Å². The van der Waals surface area contributed by atoms with E-state index in [1.54, 1.807) is 0 Å². The van der Waals surface area contributed by atoms with Gasteiger partial charge in [-0.2, -0.15) is 0 Å². The lowest BCUT2D eigenvalue weighted by atomic mass is 9.83. The van der Waals surface area contributed by atoms with Crippen LogP contribution in [-0.4, -0.2) is 37.0 Å². The number of likely N-dealkylation sites (tertiary alicyclic amines) is 1. The monoisotopic (exact) mass is 210 g/mol. The van der Waals surface area contributed by atoms with Crippen LogP contribution in [0.3, 0.4) is 0 Å². The van der Waals surface area contributed by atoms with Crippen LogP contribution in [0.15, 0.2) is 0 Å². The van der Waals surface area contributed by atoms with Crippen LogP contribution in [0.4, 0.5) is 0 Å². The van der Waals surface area contributed by atoms with Crippen molar-refractivity contribution >= 4 is 5.91 Å². The molecule has 3 nitrogen and oxygen atoms in total. The lowest BCUT2D eigenvalue weighted by Gasteiger charge is -2.30. The fourth-order valence-electron chi connectivity index (χ4n) is 2.83. The molecule has 15 heavy (non-hydrogen) atoms. The van der Waals surface area contributed by atoms with E-state index in [-0.39, 0.29) is 5.41 Å². The highest BCUT2D eigenvalue weighted by molar-refractivity contribution is 5.83. The first-order valence-corrected chi connectivity index (χ1v) is 6.18. The largest absolute Gasteiger partial charge is 0.342 e. The van der Waals surface area contributed by atoms with Gasteiger partial charge in [-0.05, 0) is 31.7 Å². The molecule has 0 aromatic heterocycles. The van der Waals surface area contributed by atoms with Crippen LogP contribution >= 0.6 is 0 Å². The van der Waals surface area contributed by atoms with Crippen LogP contribution in [0.1, 0.15) is 33.1 Å². The number of rotatable bonds is 2. The predicted octanol–water partition coefficient (Wildman–Crippen LogP) is 1.24. The summed E-state index contributed by atoms with van der Waals surface area (Å²) in [6.45, 7) is 8.21. The van der Waals surface area contributed by atoms with Gasteiger partial charge in [0.15, 0.2) is 0 Å². The zero-order valence-corrected chi connectivity index (χ0v) is 9.88. The predicted molar refractivity (Wildman–Crippen MR) is 60.6 cm³/mol. The van der Waals surface area contributed by atoms with Crippen molar-refractivity contribution in [1.29, 1.82) is 0 Å². The maximum Gasteiger partial charge on any atom is 0.230 e. The summed E-state index contributed by atoms with van der Waals surface area (Å²) in [5.74, 6) is 1.09. The summed E-state index contributed by atoms with van der Waals surface area (Å²) < 4.78 is 0. The van der Waals surface area contributed by atoms with Crippen LogP contribution in [0.5, 0.6) is 0 Å². The number of nitrogens with zero attached hydrogens (tertiary/aromatic N) is 1. The number of amides is 1. The van der Waals surface area contributed by atoms with Gasteiger partial charge in [0.2, 0.25) is 5.91 Å². The molecule has 1 amide bonds. The van der Waals surface area contributed by atoms with Gasteiger partial charge < -0.3 is 10.2 Å². The zero-order valence-electron chi connectivity index (χ0n) is 9.88. The van der Waals surface area contributed by atoms with Crippen LogP contribution < -0.4 is 5.32 Å². The molecule has 2 heterocycles. The van der Waals surface area contributed by atoms with Gasteiger partial charge in [0, 0.05) is 19.6 Å². The zero-order chi connectivity index (χ0) is 10.9. The third kappa shape index (κ3) is 1.89. The molecule has 2 aliphatic heterocycles. The summed E-state index contributed by atoms with van der Waals surface area (Å²) in [7, 11) is 0. The molecule has 2 atom stereocenters. The Morgan fingerprint density at radius 2 is 2.40 bits per heavy atom. The van der Waals surface area contributed by atoms with E-state index < -0.39 is 0 Å². The van der Waals surface area contributed by atoms with E-state index in [0.717, 1.165) is 39.0 Å². The summed E-state index contributed by atoms with van der Waals surface area (Å²) in [6, 6.07) is 0. The molecule has 86 valence electrons. The van der Waals surface area contributed by atoms with Crippen LogP contribution in [0.2, 0.25) is 0 Å². The molecule has 2 aliphatic rings. The van der Waals surface area contributed by atoms with E-state index in [2.05, 4.69) is 24.1 Å². The summed E-state index contributed by atoms with van der Waals surface area (Å²) in [4.78, 5) is 14.5. The minimum absolute atomic E-state index is 0.0793. The minimum atomic E-state index is -0.0793.